The maximum absolute atomic E-state index is 12.4. The Morgan fingerprint density at radius 3 is 2.83 bits per heavy atom. The van der Waals surface area contributed by atoms with E-state index in [2.05, 4.69) is 24.4 Å². The summed E-state index contributed by atoms with van der Waals surface area (Å²) < 4.78 is 2.41. The Hall–Kier alpha value is -1.45. The molecule has 3 rings (SSSR count). The fourth-order valence-corrected chi connectivity index (χ4v) is 4.02. The Balaban J connectivity index is 2.00. The Labute approximate surface area is 114 Å². The first-order valence-corrected chi connectivity index (χ1v) is 7.58. The van der Waals surface area contributed by atoms with Crippen LogP contribution in [-0.2, 0) is 6.42 Å². The molecule has 18 heavy (non-hydrogen) atoms. The zero-order valence-electron chi connectivity index (χ0n) is 9.97. The highest BCUT2D eigenvalue weighted by Crippen LogP contribution is 2.31. The number of aryl methyl sites for hydroxylation is 1. The van der Waals surface area contributed by atoms with Crippen molar-refractivity contribution in [3.8, 4) is 0 Å². The first-order valence-electron chi connectivity index (χ1n) is 5.88. The largest absolute Gasteiger partial charge is 0.288 e. The normalized spacial score (nSPS) is 10.9. The predicted octanol–water partition coefficient (Wildman–Crippen LogP) is 4.76. The van der Waals surface area contributed by atoms with E-state index in [9.17, 15) is 4.79 Å². The average Bonchev–Trinajstić information content (AvgIpc) is 2.98. The van der Waals surface area contributed by atoms with Crippen molar-refractivity contribution in [3.63, 3.8) is 0 Å². The Bertz CT molecular complexity index is 677. The van der Waals surface area contributed by atoms with Crippen LogP contribution in [0.4, 0.5) is 0 Å². The number of carbonyl (C=O) groups is 1. The van der Waals surface area contributed by atoms with Crippen molar-refractivity contribution >= 4 is 37.9 Å². The molecule has 0 aliphatic heterocycles. The zero-order valence-corrected chi connectivity index (χ0v) is 11.6. The third-order valence-corrected chi connectivity index (χ3v) is 5.05. The van der Waals surface area contributed by atoms with Gasteiger partial charge in [0.25, 0.3) is 0 Å². The molecule has 90 valence electrons. The van der Waals surface area contributed by atoms with Crippen molar-refractivity contribution in [2.24, 2.45) is 0 Å². The van der Waals surface area contributed by atoms with E-state index in [-0.39, 0.29) is 5.78 Å². The molecule has 0 spiro atoms. The van der Waals surface area contributed by atoms with E-state index in [0.29, 0.717) is 0 Å². The van der Waals surface area contributed by atoms with Gasteiger partial charge in [0.15, 0.2) is 0 Å². The van der Waals surface area contributed by atoms with Crippen LogP contribution in [0.1, 0.15) is 27.7 Å². The Morgan fingerprint density at radius 1 is 1.17 bits per heavy atom. The molecule has 0 fully saturated rings. The van der Waals surface area contributed by atoms with Crippen LogP contribution >= 0.6 is 22.7 Å². The molecule has 0 N–H and O–H groups in total. The second-order valence-corrected chi connectivity index (χ2v) is 6.17. The van der Waals surface area contributed by atoms with Gasteiger partial charge in [-0.3, -0.25) is 4.79 Å². The SMILES string of the molecule is CCc1cccc(C(=O)c2cc3sccc3s2)c1. The molecule has 0 bridgehead atoms. The maximum Gasteiger partial charge on any atom is 0.203 e. The minimum atomic E-state index is 0.138. The lowest BCUT2D eigenvalue weighted by molar-refractivity contribution is 0.104. The van der Waals surface area contributed by atoms with Gasteiger partial charge in [-0.2, -0.15) is 0 Å². The summed E-state index contributed by atoms with van der Waals surface area (Å²) in [6.45, 7) is 2.10. The van der Waals surface area contributed by atoms with Gasteiger partial charge >= 0.3 is 0 Å². The lowest BCUT2D eigenvalue weighted by Gasteiger charge is -2.01. The minimum Gasteiger partial charge on any atom is -0.288 e. The zero-order chi connectivity index (χ0) is 12.5. The molecule has 0 saturated carbocycles. The van der Waals surface area contributed by atoms with Gasteiger partial charge in [-0.05, 0) is 35.6 Å². The van der Waals surface area contributed by atoms with Gasteiger partial charge in [0.1, 0.15) is 0 Å². The van der Waals surface area contributed by atoms with E-state index in [1.165, 1.54) is 15.0 Å². The van der Waals surface area contributed by atoms with Crippen LogP contribution in [0.25, 0.3) is 9.40 Å². The van der Waals surface area contributed by atoms with Gasteiger partial charge in [0.2, 0.25) is 5.78 Å². The van der Waals surface area contributed by atoms with Crippen molar-refractivity contribution in [3.05, 3.63) is 57.8 Å². The summed E-state index contributed by atoms with van der Waals surface area (Å²) in [5.74, 6) is 0.138. The molecule has 1 nitrogen and oxygen atoms in total. The monoisotopic (exact) mass is 272 g/mol. The lowest BCUT2D eigenvalue weighted by atomic mass is 10.1. The van der Waals surface area contributed by atoms with Crippen LogP contribution in [0.5, 0.6) is 0 Å². The highest BCUT2D eigenvalue weighted by atomic mass is 32.1. The number of ketones is 1. The average molecular weight is 272 g/mol. The van der Waals surface area contributed by atoms with Crippen LogP contribution in [0, 0.1) is 0 Å². The molecular formula is C15H12OS2. The molecule has 3 aromatic rings. The number of hydrogen-bond acceptors (Lipinski definition) is 3. The smallest absolute Gasteiger partial charge is 0.203 e. The summed E-state index contributed by atoms with van der Waals surface area (Å²) in [4.78, 5) is 13.2. The fourth-order valence-electron chi connectivity index (χ4n) is 1.95. The number of benzene rings is 1. The summed E-state index contributed by atoms with van der Waals surface area (Å²) in [5.41, 5.74) is 2.00. The molecule has 0 aliphatic rings. The van der Waals surface area contributed by atoms with Crippen molar-refractivity contribution < 1.29 is 4.79 Å². The predicted molar refractivity (Wildman–Crippen MR) is 79.0 cm³/mol. The van der Waals surface area contributed by atoms with Gasteiger partial charge in [0, 0.05) is 15.0 Å². The van der Waals surface area contributed by atoms with Gasteiger partial charge in [0.05, 0.1) is 4.88 Å². The first kappa shape index (κ1) is 11.6. The summed E-state index contributed by atoms with van der Waals surface area (Å²) in [6, 6.07) is 12.0. The van der Waals surface area contributed by atoms with Crippen molar-refractivity contribution in [2.75, 3.05) is 0 Å². The standard InChI is InChI=1S/C15H12OS2/c1-2-10-4-3-5-11(8-10)15(16)14-9-13-12(18-14)6-7-17-13/h3-9H,2H2,1H3. The third-order valence-electron chi connectivity index (χ3n) is 2.96. The molecule has 1 aromatic carbocycles. The molecule has 0 amide bonds. The molecule has 0 saturated heterocycles. The number of fused-ring (bicyclic) bond motifs is 1. The highest BCUT2D eigenvalue weighted by molar-refractivity contribution is 7.28. The van der Waals surface area contributed by atoms with E-state index >= 15 is 0 Å². The van der Waals surface area contributed by atoms with Crippen molar-refractivity contribution in [2.45, 2.75) is 13.3 Å². The molecule has 2 heterocycles. The van der Waals surface area contributed by atoms with Crippen LogP contribution in [-0.4, -0.2) is 5.78 Å². The minimum absolute atomic E-state index is 0.138. The molecule has 0 radical (unpaired) electrons. The molecule has 3 heteroatoms. The summed E-state index contributed by atoms with van der Waals surface area (Å²) >= 11 is 3.27. The fraction of sp³-hybridized carbons (Fsp3) is 0.133. The van der Waals surface area contributed by atoms with E-state index in [4.69, 9.17) is 0 Å². The van der Waals surface area contributed by atoms with E-state index in [1.807, 2.05) is 24.3 Å². The van der Waals surface area contributed by atoms with Gasteiger partial charge in [-0.15, -0.1) is 22.7 Å². The Morgan fingerprint density at radius 2 is 2.06 bits per heavy atom. The Kier molecular flexibility index (Phi) is 3.02. The van der Waals surface area contributed by atoms with E-state index in [0.717, 1.165) is 16.9 Å². The second kappa shape index (κ2) is 4.67. The van der Waals surface area contributed by atoms with Crippen LogP contribution in [0.3, 0.4) is 0 Å². The molecule has 0 aliphatic carbocycles. The van der Waals surface area contributed by atoms with Gasteiger partial charge in [-0.1, -0.05) is 25.1 Å². The topological polar surface area (TPSA) is 17.1 Å². The first-order chi connectivity index (χ1) is 8.78. The maximum atomic E-state index is 12.4. The van der Waals surface area contributed by atoms with Crippen molar-refractivity contribution in [1.29, 1.82) is 0 Å². The quantitative estimate of drug-likeness (QED) is 0.628. The summed E-state index contributed by atoms with van der Waals surface area (Å²) in [6.07, 6.45) is 0.959. The van der Waals surface area contributed by atoms with Gasteiger partial charge in [-0.25, -0.2) is 0 Å². The number of hydrogen-bond donors (Lipinski definition) is 0. The molecule has 2 aromatic heterocycles. The number of carbonyl (C=O) groups excluding carboxylic acids is 1. The van der Waals surface area contributed by atoms with Crippen LogP contribution in [0.15, 0.2) is 41.8 Å². The number of rotatable bonds is 3. The molecule has 0 unspecified atom stereocenters. The van der Waals surface area contributed by atoms with E-state index in [1.54, 1.807) is 22.7 Å². The second-order valence-electron chi connectivity index (χ2n) is 4.14. The third kappa shape index (κ3) is 2.00. The van der Waals surface area contributed by atoms with Crippen LogP contribution < -0.4 is 0 Å². The lowest BCUT2D eigenvalue weighted by Crippen LogP contribution is -1.99. The van der Waals surface area contributed by atoms with Gasteiger partial charge < -0.3 is 0 Å². The summed E-state index contributed by atoms with van der Waals surface area (Å²) in [5, 5.41) is 2.06. The molecule has 0 atom stereocenters. The number of thiophene rings is 2. The van der Waals surface area contributed by atoms with E-state index < -0.39 is 0 Å². The summed E-state index contributed by atoms with van der Waals surface area (Å²) in [7, 11) is 0. The highest BCUT2D eigenvalue weighted by Gasteiger charge is 2.13. The van der Waals surface area contributed by atoms with Crippen LogP contribution in [0.2, 0.25) is 0 Å². The molecular weight excluding hydrogens is 260 g/mol. The van der Waals surface area contributed by atoms with Crippen molar-refractivity contribution in [1.82, 2.24) is 0 Å².